The summed E-state index contributed by atoms with van der Waals surface area (Å²) in [5.41, 5.74) is 1.06. The zero-order valence-electron chi connectivity index (χ0n) is 11.3. The summed E-state index contributed by atoms with van der Waals surface area (Å²) in [4.78, 5) is 2.31. The molecular formula is C15H21NO3. The Kier molecular flexibility index (Phi) is 3.58. The lowest BCUT2D eigenvalue weighted by Crippen LogP contribution is -2.51. The van der Waals surface area contributed by atoms with Gasteiger partial charge in [0.1, 0.15) is 0 Å². The topological polar surface area (TPSA) is 41.9 Å². The summed E-state index contributed by atoms with van der Waals surface area (Å²) < 4.78 is 11.9. The van der Waals surface area contributed by atoms with Crippen LogP contribution in [0.2, 0.25) is 0 Å². The minimum atomic E-state index is -0.618. The van der Waals surface area contributed by atoms with Crippen molar-refractivity contribution in [2.24, 2.45) is 5.92 Å². The highest BCUT2D eigenvalue weighted by molar-refractivity contribution is 5.20. The Bertz CT molecular complexity index is 419. The molecule has 1 aromatic rings. The molecule has 0 spiro atoms. The second kappa shape index (κ2) is 5.21. The molecule has 2 aliphatic rings. The van der Waals surface area contributed by atoms with E-state index >= 15 is 0 Å². The van der Waals surface area contributed by atoms with E-state index in [-0.39, 0.29) is 6.10 Å². The van der Waals surface area contributed by atoms with E-state index in [2.05, 4.69) is 4.90 Å². The number of aliphatic hydroxyl groups is 1. The fourth-order valence-electron chi connectivity index (χ4n) is 2.85. The number of hydrogen-bond acceptors (Lipinski definition) is 4. The highest BCUT2D eigenvalue weighted by Gasteiger charge is 2.40. The van der Waals surface area contributed by atoms with Crippen molar-refractivity contribution in [1.29, 1.82) is 0 Å². The van der Waals surface area contributed by atoms with Gasteiger partial charge in [-0.3, -0.25) is 4.90 Å². The Morgan fingerprint density at radius 3 is 2.74 bits per heavy atom. The van der Waals surface area contributed by atoms with Crippen LogP contribution in [-0.2, 0) is 15.3 Å². The van der Waals surface area contributed by atoms with Crippen molar-refractivity contribution in [2.45, 2.75) is 18.8 Å². The molecule has 4 heteroatoms. The van der Waals surface area contributed by atoms with Gasteiger partial charge in [0, 0.05) is 37.7 Å². The molecule has 0 bridgehead atoms. The number of likely N-dealkylation sites (tertiary alicyclic amines) is 1. The highest BCUT2D eigenvalue weighted by atomic mass is 16.7. The van der Waals surface area contributed by atoms with Crippen molar-refractivity contribution in [3.8, 4) is 0 Å². The van der Waals surface area contributed by atoms with Gasteiger partial charge in [0.25, 0.3) is 0 Å². The number of aliphatic hydroxyl groups excluding tert-OH is 1. The Morgan fingerprint density at radius 1 is 1.32 bits per heavy atom. The van der Waals surface area contributed by atoms with Crippen LogP contribution in [0.3, 0.4) is 0 Å². The van der Waals surface area contributed by atoms with Gasteiger partial charge in [-0.1, -0.05) is 30.3 Å². The molecule has 0 radical (unpaired) electrons. The molecule has 4 nitrogen and oxygen atoms in total. The van der Waals surface area contributed by atoms with Crippen LogP contribution in [-0.4, -0.2) is 49.0 Å². The van der Waals surface area contributed by atoms with Gasteiger partial charge in [0.2, 0.25) is 0 Å². The van der Waals surface area contributed by atoms with Crippen LogP contribution in [0, 0.1) is 5.92 Å². The number of ether oxygens (including phenoxy) is 2. The summed E-state index contributed by atoms with van der Waals surface area (Å²) in [5, 5.41) is 9.01. The van der Waals surface area contributed by atoms with Gasteiger partial charge in [-0.05, 0) is 6.92 Å². The third-order valence-corrected chi connectivity index (χ3v) is 3.99. The van der Waals surface area contributed by atoms with Gasteiger partial charge in [-0.15, -0.1) is 0 Å². The second-order valence-corrected chi connectivity index (χ2v) is 5.63. The minimum Gasteiger partial charge on any atom is -0.396 e. The molecule has 0 saturated carbocycles. The van der Waals surface area contributed by atoms with E-state index in [1.165, 1.54) is 0 Å². The van der Waals surface area contributed by atoms with Gasteiger partial charge < -0.3 is 14.6 Å². The molecule has 2 aliphatic heterocycles. The van der Waals surface area contributed by atoms with Crippen molar-refractivity contribution >= 4 is 0 Å². The second-order valence-electron chi connectivity index (χ2n) is 5.63. The molecule has 2 fully saturated rings. The van der Waals surface area contributed by atoms with Gasteiger partial charge >= 0.3 is 0 Å². The lowest BCUT2D eigenvalue weighted by Gasteiger charge is -2.39. The third-order valence-electron chi connectivity index (χ3n) is 3.99. The average molecular weight is 263 g/mol. The maximum absolute atomic E-state index is 9.01. The summed E-state index contributed by atoms with van der Waals surface area (Å²) in [7, 11) is 0. The fourth-order valence-corrected chi connectivity index (χ4v) is 2.85. The number of rotatable bonds is 4. The summed E-state index contributed by atoms with van der Waals surface area (Å²) in [6.07, 6.45) is 0.116. The van der Waals surface area contributed by atoms with Crippen LogP contribution in [0.5, 0.6) is 0 Å². The molecule has 3 rings (SSSR count). The van der Waals surface area contributed by atoms with Crippen LogP contribution in [0.1, 0.15) is 12.5 Å². The summed E-state index contributed by atoms with van der Waals surface area (Å²) >= 11 is 0. The Morgan fingerprint density at radius 2 is 2.05 bits per heavy atom. The summed E-state index contributed by atoms with van der Waals surface area (Å²) in [6, 6.07) is 10.1. The minimum absolute atomic E-state index is 0.116. The molecule has 19 heavy (non-hydrogen) atoms. The van der Waals surface area contributed by atoms with Crippen LogP contribution in [0.25, 0.3) is 0 Å². The van der Waals surface area contributed by atoms with Crippen molar-refractivity contribution in [2.75, 3.05) is 32.8 Å². The molecule has 0 amide bonds. The first-order valence-electron chi connectivity index (χ1n) is 6.90. The van der Waals surface area contributed by atoms with E-state index in [1.54, 1.807) is 0 Å². The van der Waals surface area contributed by atoms with Crippen LogP contribution < -0.4 is 0 Å². The summed E-state index contributed by atoms with van der Waals surface area (Å²) in [6.45, 7) is 5.73. The van der Waals surface area contributed by atoms with E-state index in [0.29, 0.717) is 19.1 Å². The SMILES string of the molecule is CC1(c2ccccc2)OCC(CN2CC(CO)C2)O1. The fraction of sp³-hybridized carbons (Fsp3) is 0.600. The largest absolute Gasteiger partial charge is 0.396 e. The van der Waals surface area contributed by atoms with Gasteiger partial charge in [-0.25, -0.2) is 0 Å². The first-order chi connectivity index (χ1) is 9.19. The van der Waals surface area contributed by atoms with E-state index in [4.69, 9.17) is 14.6 Å². The molecule has 2 heterocycles. The van der Waals surface area contributed by atoms with Crippen LogP contribution in [0.15, 0.2) is 30.3 Å². The number of nitrogens with zero attached hydrogens (tertiary/aromatic N) is 1. The smallest absolute Gasteiger partial charge is 0.192 e. The van der Waals surface area contributed by atoms with Gasteiger partial charge in [-0.2, -0.15) is 0 Å². The van der Waals surface area contributed by atoms with Gasteiger partial charge in [0.05, 0.1) is 12.7 Å². The Labute approximate surface area is 113 Å². The lowest BCUT2D eigenvalue weighted by atomic mass is 10.0. The van der Waals surface area contributed by atoms with E-state index in [1.807, 2.05) is 37.3 Å². The molecule has 2 atom stereocenters. The number of hydrogen-bond donors (Lipinski definition) is 1. The van der Waals surface area contributed by atoms with Crippen molar-refractivity contribution in [3.05, 3.63) is 35.9 Å². The first-order valence-corrected chi connectivity index (χ1v) is 6.90. The molecule has 0 aromatic heterocycles. The zero-order valence-corrected chi connectivity index (χ0v) is 11.3. The maximum atomic E-state index is 9.01. The zero-order chi connectivity index (χ0) is 13.3. The number of benzene rings is 1. The monoisotopic (exact) mass is 263 g/mol. The van der Waals surface area contributed by atoms with Crippen molar-refractivity contribution in [1.82, 2.24) is 4.90 Å². The molecule has 2 saturated heterocycles. The molecule has 2 unspecified atom stereocenters. The van der Waals surface area contributed by atoms with Crippen molar-refractivity contribution < 1.29 is 14.6 Å². The molecule has 0 aliphatic carbocycles. The molecule has 1 aromatic carbocycles. The Hall–Kier alpha value is -0.940. The Balaban J connectivity index is 1.55. The highest BCUT2D eigenvalue weighted by Crippen LogP contribution is 2.34. The molecular weight excluding hydrogens is 242 g/mol. The van der Waals surface area contributed by atoms with E-state index < -0.39 is 5.79 Å². The predicted molar refractivity (Wildman–Crippen MR) is 71.6 cm³/mol. The third kappa shape index (κ3) is 2.67. The molecule has 1 N–H and O–H groups in total. The standard InChI is InChI=1S/C15H21NO3/c1-15(13-5-3-2-4-6-13)18-11-14(19-15)9-16-7-12(8-16)10-17/h2-6,12,14,17H,7-11H2,1H3. The summed E-state index contributed by atoms with van der Waals surface area (Å²) in [5.74, 6) is -0.171. The van der Waals surface area contributed by atoms with E-state index in [9.17, 15) is 0 Å². The molecule has 104 valence electrons. The maximum Gasteiger partial charge on any atom is 0.192 e. The predicted octanol–water partition coefficient (Wildman–Crippen LogP) is 1.20. The van der Waals surface area contributed by atoms with Gasteiger partial charge in [0.15, 0.2) is 5.79 Å². The quantitative estimate of drug-likeness (QED) is 0.886. The van der Waals surface area contributed by atoms with Crippen LogP contribution in [0.4, 0.5) is 0 Å². The average Bonchev–Trinajstić information content (AvgIpc) is 2.77. The van der Waals surface area contributed by atoms with E-state index in [0.717, 1.165) is 25.2 Å². The normalized spacial score (nSPS) is 32.4. The first kappa shape index (κ1) is 13.1. The van der Waals surface area contributed by atoms with Crippen LogP contribution >= 0.6 is 0 Å². The van der Waals surface area contributed by atoms with Crippen molar-refractivity contribution in [3.63, 3.8) is 0 Å². The lowest BCUT2D eigenvalue weighted by molar-refractivity contribution is -0.165.